The minimum absolute atomic E-state index is 0.272. The summed E-state index contributed by atoms with van der Waals surface area (Å²) in [6.45, 7) is 2.29. The Labute approximate surface area is 180 Å². The summed E-state index contributed by atoms with van der Waals surface area (Å²) in [7, 11) is 0. The van der Waals surface area contributed by atoms with Crippen molar-refractivity contribution in [2.45, 2.75) is 38.6 Å². The molecule has 1 N–H and O–H groups in total. The van der Waals surface area contributed by atoms with Crippen molar-refractivity contribution in [3.63, 3.8) is 0 Å². The number of aromatic hydroxyl groups is 1. The summed E-state index contributed by atoms with van der Waals surface area (Å²) in [5.74, 6) is 0.835. The Morgan fingerprint density at radius 3 is 2.67 bits per heavy atom. The van der Waals surface area contributed by atoms with Crippen molar-refractivity contribution in [1.82, 2.24) is 4.57 Å². The van der Waals surface area contributed by atoms with Gasteiger partial charge in [-0.2, -0.15) is 0 Å². The first kappa shape index (κ1) is 19.1. The zero-order valence-corrected chi connectivity index (χ0v) is 17.8. The molecule has 0 spiro atoms. The summed E-state index contributed by atoms with van der Waals surface area (Å²) >= 11 is 1.55. The average Bonchev–Trinajstić information content (AvgIpc) is 3.31. The number of hydrogen-bond acceptors (Lipinski definition) is 4. The van der Waals surface area contributed by atoms with Crippen LogP contribution in [-0.4, -0.2) is 15.9 Å². The normalized spacial score (nSPS) is 22.6. The number of fused-ring (bicyclic) bond motifs is 1. The molecule has 1 aliphatic heterocycles. The van der Waals surface area contributed by atoms with Crippen molar-refractivity contribution >= 4 is 40.6 Å². The molecule has 1 aromatic heterocycles. The maximum Gasteiger partial charge on any atom is 0.211 e. The largest absolute Gasteiger partial charge is 0.493 e. The highest BCUT2D eigenvalue weighted by molar-refractivity contribution is 7.10. The zero-order chi connectivity index (χ0) is 20.5. The lowest BCUT2D eigenvalue weighted by Gasteiger charge is -2.30. The van der Waals surface area contributed by atoms with Gasteiger partial charge in [-0.3, -0.25) is 9.56 Å². The highest BCUT2D eigenvalue weighted by Gasteiger charge is 2.27. The minimum atomic E-state index is 0.272. The van der Waals surface area contributed by atoms with Crippen LogP contribution in [0, 0.1) is 5.92 Å². The van der Waals surface area contributed by atoms with Gasteiger partial charge in [-0.15, -0.1) is 0 Å². The van der Waals surface area contributed by atoms with Crippen LogP contribution in [0.1, 0.15) is 49.1 Å². The molecule has 2 heterocycles. The van der Waals surface area contributed by atoms with Crippen LogP contribution in [0.25, 0.3) is 11.6 Å². The number of nitrogens with zero attached hydrogens (tertiary/aromatic N) is 3. The fourth-order valence-electron chi connectivity index (χ4n) is 4.46. The molecule has 30 heavy (non-hydrogen) atoms. The van der Waals surface area contributed by atoms with Gasteiger partial charge in [0.1, 0.15) is 0 Å². The molecule has 0 radical (unpaired) electrons. The van der Waals surface area contributed by atoms with E-state index in [1.165, 1.54) is 19.3 Å². The predicted octanol–water partition coefficient (Wildman–Crippen LogP) is 6.50. The third-order valence-electron chi connectivity index (χ3n) is 6.08. The summed E-state index contributed by atoms with van der Waals surface area (Å²) in [6.07, 6.45) is 8.65. The highest BCUT2D eigenvalue weighted by Crippen LogP contribution is 2.39. The summed E-state index contributed by atoms with van der Waals surface area (Å²) in [5, 5.41) is 11.3. The second-order valence-corrected chi connectivity index (χ2v) is 9.10. The lowest BCUT2D eigenvalue weighted by molar-refractivity contribution is 0.234. The van der Waals surface area contributed by atoms with E-state index in [4.69, 9.17) is 4.99 Å². The van der Waals surface area contributed by atoms with Gasteiger partial charge in [0, 0.05) is 23.4 Å². The quantitative estimate of drug-likeness (QED) is 0.522. The maximum absolute atomic E-state index is 11.3. The molecule has 0 amide bonds. The molecule has 1 fully saturated rings. The molecule has 3 aromatic rings. The molecular weight excluding hydrogens is 390 g/mol. The number of hydrogen-bond donors (Lipinski definition) is 1. The molecule has 2 aliphatic rings. The third-order valence-corrected chi connectivity index (χ3v) is 7.07. The molecule has 1 saturated carbocycles. The number of allylic oxidation sites excluding steroid dienone is 1. The second-order valence-electron chi connectivity index (χ2n) is 8.09. The van der Waals surface area contributed by atoms with E-state index >= 15 is 0 Å². The van der Waals surface area contributed by atoms with Crippen molar-refractivity contribution in [2.75, 3.05) is 0 Å². The van der Waals surface area contributed by atoms with Crippen LogP contribution < -0.4 is 4.80 Å². The molecule has 2 atom stereocenters. The number of para-hydroxylation sites is 2. The van der Waals surface area contributed by atoms with Gasteiger partial charge >= 0.3 is 0 Å². The smallest absolute Gasteiger partial charge is 0.211 e. The van der Waals surface area contributed by atoms with E-state index in [1.54, 1.807) is 11.3 Å². The SMILES string of the molecule is C[C@@H]1CCCC[C@H]1n1c(O)c(C=C2C=Nc3ccccc32)sc1=Nc1ccccc1. The van der Waals surface area contributed by atoms with Crippen molar-refractivity contribution in [3.05, 3.63) is 69.8 Å². The Morgan fingerprint density at radius 2 is 1.83 bits per heavy atom. The number of aromatic nitrogens is 1. The number of aliphatic imine (C=N–C) groups is 1. The van der Waals surface area contributed by atoms with E-state index < -0.39 is 0 Å². The van der Waals surface area contributed by atoms with Gasteiger partial charge in [-0.1, -0.05) is 67.5 Å². The summed E-state index contributed by atoms with van der Waals surface area (Å²) < 4.78 is 2.08. The van der Waals surface area contributed by atoms with E-state index in [2.05, 4.69) is 22.5 Å². The van der Waals surface area contributed by atoms with Crippen molar-refractivity contribution in [3.8, 4) is 5.88 Å². The average molecular weight is 416 g/mol. The Bertz CT molecular complexity index is 1190. The molecule has 4 nitrogen and oxygen atoms in total. The Kier molecular flexibility index (Phi) is 5.13. The van der Waals surface area contributed by atoms with Gasteiger partial charge in [0.05, 0.1) is 16.3 Å². The molecule has 0 saturated heterocycles. The molecule has 0 bridgehead atoms. The first-order valence-corrected chi connectivity index (χ1v) is 11.4. The van der Waals surface area contributed by atoms with Gasteiger partial charge in [-0.05, 0) is 43.0 Å². The highest BCUT2D eigenvalue weighted by atomic mass is 32.1. The van der Waals surface area contributed by atoms with E-state index in [0.29, 0.717) is 11.8 Å². The van der Waals surface area contributed by atoms with Crippen LogP contribution in [0.3, 0.4) is 0 Å². The van der Waals surface area contributed by atoms with Crippen LogP contribution in [0.5, 0.6) is 5.88 Å². The zero-order valence-electron chi connectivity index (χ0n) is 17.0. The summed E-state index contributed by atoms with van der Waals surface area (Å²) in [5.41, 5.74) is 4.01. The van der Waals surface area contributed by atoms with Gasteiger partial charge < -0.3 is 5.11 Å². The van der Waals surface area contributed by atoms with Gasteiger partial charge in [0.2, 0.25) is 5.88 Å². The molecular formula is C25H25N3OS. The molecule has 5 rings (SSSR count). The van der Waals surface area contributed by atoms with Crippen molar-refractivity contribution in [1.29, 1.82) is 0 Å². The van der Waals surface area contributed by atoms with Crippen LogP contribution in [-0.2, 0) is 0 Å². The van der Waals surface area contributed by atoms with E-state index in [9.17, 15) is 5.11 Å². The molecule has 1 aliphatic carbocycles. The Balaban J connectivity index is 1.65. The van der Waals surface area contributed by atoms with Crippen molar-refractivity contribution < 1.29 is 5.11 Å². The number of thiazole rings is 1. The lowest BCUT2D eigenvalue weighted by Crippen LogP contribution is -2.27. The first-order valence-electron chi connectivity index (χ1n) is 10.6. The molecule has 0 unspecified atom stereocenters. The van der Waals surface area contributed by atoms with Crippen LogP contribution >= 0.6 is 11.3 Å². The van der Waals surface area contributed by atoms with Crippen LogP contribution in [0.4, 0.5) is 11.4 Å². The van der Waals surface area contributed by atoms with E-state index in [-0.39, 0.29) is 6.04 Å². The first-order chi connectivity index (χ1) is 14.7. The fourth-order valence-corrected chi connectivity index (χ4v) is 5.50. The number of rotatable bonds is 3. The minimum Gasteiger partial charge on any atom is -0.493 e. The topological polar surface area (TPSA) is 49.9 Å². The summed E-state index contributed by atoms with van der Waals surface area (Å²) in [4.78, 5) is 11.1. The van der Waals surface area contributed by atoms with Crippen molar-refractivity contribution in [2.24, 2.45) is 15.9 Å². The van der Waals surface area contributed by atoms with E-state index in [1.807, 2.05) is 60.8 Å². The predicted molar refractivity (Wildman–Crippen MR) is 125 cm³/mol. The van der Waals surface area contributed by atoms with Gasteiger partial charge in [0.15, 0.2) is 4.80 Å². The Morgan fingerprint density at radius 1 is 1.07 bits per heavy atom. The van der Waals surface area contributed by atoms with E-state index in [0.717, 1.165) is 38.6 Å². The van der Waals surface area contributed by atoms with Gasteiger partial charge in [-0.25, -0.2) is 4.99 Å². The van der Waals surface area contributed by atoms with Crippen LogP contribution in [0.2, 0.25) is 0 Å². The second kappa shape index (κ2) is 8.07. The fraction of sp³-hybridized carbons (Fsp3) is 0.280. The van der Waals surface area contributed by atoms with Gasteiger partial charge in [0.25, 0.3) is 0 Å². The monoisotopic (exact) mass is 415 g/mol. The number of benzene rings is 2. The maximum atomic E-state index is 11.3. The lowest BCUT2D eigenvalue weighted by atomic mass is 9.86. The molecule has 152 valence electrons. The third kappa shape index (κ3) is 3.54. The molecule has 2 aromatic carbocycles. The Hall–Kier alpha value is -2.92. The molecule has 5 heteroatoms. The van der Waals surface area contributed by atoms with Crippen LogP contribution in [0.15, 0.2) is 64.6 Å². The summed E-state index contributed by atoms with van der Waals surface area (Å²) in [6, 6.07) is 18.4. The standard InChI is InChI=1S/C25H25N3OS/c1-17-9-5-8-14-22(17)28-24(29)23(30-25(28)27-19-10-3-2-4-11-19)15-18-16-26-21-13-7-6-12-20(18)21/h2-4,6-7,10-13,15-17,22,29H,5,8-9,14H2,1H3/t17-,22-/m1/s1.